The summed E-state index contributed by atoms with van der Waals surface area (Å²) in [6, 6.07) is 3.41. The van der Waals surface area contributed by atoms with Gasteiger partial charge in [0, 0.05) is 17.8 Å². The van der Waals surface area contributed by atoms with Crippen LogP contribution in [0.5, 0.6) is 0 Å². The number of aromatic carboxylic acids is 1. The molecule has 2 aromatic rings. The van der Waals surface area contributed by atoms with E-state index in [4.69, 9.17) is 5.11 Å². The Morgan fingerprint density at radius 1 is 1.62 bits per heavy atom. The van der Waals surface area contributed by atoms with Gasteiger partial charge in [-0.15, -0.1) is 0 Å². The van der Waals surface area contributed by atoms with E-state index < -0.39 is 5.97 Å². The van der Waals surface area contributed by atoms with Crippen LogP contribution < -0.4 is 0 Å². The molecule has 0 fully saturated rings. The van der Waals surface area contributed by atoms with Crippen molar-refractivity contribution in [3.8, 4) is 0 Å². The minimum atomic E-state index is -0.855. The van der Waals surface area contributed by atoms with E-state index in [1.807, 2.05) is 6.07 Å². The fourth-order valence-corrected chi connectivity index (χ4v) is 1.23. The van der Waals surface area contributed by atoms with Gasteiger partial charge in [0.25, 0.3) is 0 Å². The van der Waals surface area contributed by atoms with Crippen molar-refractivity contribution in [3.63, 3.8) is 0 Å². The molecule has 0 aliphatic carbocycles. The van der Waals surface area contributed by atoms with Crippen molar-refractivity contribution in [3.05, 3.63) is 40.8 Å². The minimum absolute atomic E-state index is 0.370. The van der Waals surface area contributed by atoms with Crippen molar-refractivity contribution in [1.82, 2.24) is 10.2 Å². The number of aromatic nitrogens is 2. The summed E-state index contributed by atoms with van der Waals surface area (Å²) in [4.78, 5) is 10.1. The van der Waals surface area contributed by atoms with Crippen molar-refractivity contribution in [2.24, 2.45) is 0 Å². The van der Waals surface area contributed by atoms with E-state index in [2.05, 4.69) is 10.2 Å². The van der Waals surface area contributed by atoms with E-state index in [1.54, 1.807) is 29.2 Å². The number of rotatable bonds is 1. The zero-order valence-electron chi connectivity index (χ0n) is 6.68. The Kier molecular flexibility index (Phi) is 3.72. The molecule has 0 spiro atoms. The molecule has 5 heteroatoms. The Labute approximate surface area is 78.9 Å². The molecule has 0 saturated carbocycles. The van der Waals surface area contributed by atoms with E-state index in [9.17, 15) is 4.79 Å². The second-order valence-electron chi connectivity index (χ2n) is 2.08. The summed E-state index contributed by atoms with van der Waals surface area (Å²) in [5.41, 5.74) is 0.370. The molecule has 2 heterocycles. The number of H-pyrrole nitrogens is 1. The number of carbonyl (C=O) groups is 1. The van der Waals surface area contributed by atoms with Gasteiger partial charge in [0.1, 0.15) is 0 Å². The summed E-state index contributed by atoms with van der Waals surface area (Å²) in [5.74, 6) is -0.855. The number of carboxylic acids is 1. The van der Waals surface area contributed by atoms with Gasteiger partial charge < -0.3 is 5.11 Å². The monoisotopic (exact) mass is 196 g/mol. The number of aromatic amines is 1. The number of nitrogens with zero attached hydrogens (tertiary/aromatic N) is 1. The van der Waals surface area contributed by atoms with E-state index in [0.717, 1.165) is 0 Å². The molecule has 0 unspecified atom stereocenters. The molecule has 68 valence electrons. The Bertz CT molecular complexity index is 312. The predicted octanol–water partition coefficient (Wildman–Crippen LogP) is 1.86. The molecule has 2 rings (SSSR count). The van der Waals surface area contributed by atoms with Crippen LogP contribution in [0, 0.1) is 0 Å². The largest absolute Gasteiger partial charge is 0.478 e. The second-order valence-corrected chi connectivity index (χ2v) is 2.86. The highest BCUT2D eigenvalue weighted by Crippen LogP contribution is 2.04. The van der Waals surface area contributed by atoms with Gasteiger partial charge in [-0.2, -0.15) is 16.4 Å². The zero-order valence-corrected chi connectivity index (χ0v) is 7.49. The molecule has 0 radical (unpaired) electrons. The average molecular weight is 196 g/mol. The van der Waals surface area contributed by atoms with Crippen LogP contribution >= 0.6 is 11.3 Å². The lowest BCUT2D eigenvalue weighted by Crippen LogP contribution is -1.90. The SMILES string of the molecule is O=C(O)c1ccsc1.c1cn[nH]c1. The molecule has 2 N–H and O–H groups in total. The van der Waals surface area contributed by atoms with Crippen LogP contribution in [0.1, 0.15) is 10.4 Å². The Hall–Kier alpha value is -1.62. The molecule has 0 saturated heterocycles. The van der Waals surface area contributed by atoms with Gasteiger partial charge in [0.05, 0.1) is 5.56 Å². The minimum Gasteiger partial charge on any atom is -0.478 e. The first-order chi connectivity index (χ1) is 6.30. The number of hydrogen-bond acceptors (Lipinski definition) is 3. The van der Waals surface area contributed by atoms with Gasteiger partial charge in [-0.05, 0) is 17.5 Å². The molecule has 0 aromatic carbocycles. The van der Waals surface area contributed by atoms with Gasteiger partial charge in [-0.1, -0.05) is 0 Å². The highest BCUT2D eigenvalue weighted by Gasteiger charge is 1.98. The van der Waals surface area contributed by atoms with E-state index in [-0.39, 0.29) is 0 Å². The third-order valence-electron chi connectivity index (χ3n) is 1.17. The van der Waals surface area contributed by atoms with Crippen LogP contribution in [-0.4, -0.2) is 21.3 Å². The Morgan fingerprint density at radius 2 is 2.46 bits per heavy atom. The number of hydrogen-bond donors (Lipinski definition) is 2. The smallest absolute Gasteiger partial charge is 0.336 e. The van der Waals surface area contributed by atoms with Gasteiger partial charge in [-0.3, -0.25) is 5.10 Å². The normalized spacial score (nSPS) is 8.62. The quantitative estimate of drug-likeness (QED) is 0.731. The van der Waals surface area contributed by atoms with E-state index >= 15 is 0 Å². The summed E-state index contributed by atoms with van der Waals surface area (Å²) >= 11 is 1.39. The van der Waals surface area contributed by atoms with Crippen molar-refractivity contribution in [1.29, 1.82) is 0 Å². The van der Waals surface area contributed by atoms with Crippen molar-refractivity contribution in [2.45, 2.75) is 0 Å². The maximum Gasteiger partial charge on any atom is 0.336 e. The lowest BCUT2D eigenvalue weighted by Gasteiger charge is -1.78. The number of nitrogens with one attached hydrogen (secondary N) is 1. The van der Waals surface area contributed by atoms with Crippen LogP contribution in [0.4, 0.5) is 0 Å². The number of thiophene rings is 1. The summed E-state index contributed by atoms with van der Waals surface area (Å²) in [6.45, 7) is 0. The maximum absolute atomic E-state index is 10.1. The van der Waals surface area contributed by atoms with Crippen molar-refractivity contribution < 1.29 is 9.90 Å². The molecular formula is C8H8N2O2S. The van der Waals surface area contributed by atoms with Gasteiger partial charge in [-0.25, -0.2) is 4.79 Å². The van der Waals surface area contributed by atoms with Crippen LogP contribution in [0.2, 0.25) is 0 Å². The third-order valence-corrected chi connectivity index (χ3v) is 1.86. The fraction of sp³-hybridized carbons (Fsp3) is 0. The lowest BCUT2D eigenvalue weighted by atomic mass is 10.4. The molecule has 0 aliphatic heterocycles. The van der Waals surface area contributed by atoms with Crippen LogP contribution in [0.3, 0.4) is 0 Å². The van der Waals surface area contributed by atoms with Gasteiger partial charge in [0.15, 0.2) is 0 Å². The van der Waals surface area contributed by atoms with E-state index in [0.29, 0.717) is 5.56 Å². The van der Waals surface area contributed by atoms with E-state index in [1.165, 1.54) is 11.3 Å². The predicted molar refractivity (Wildman–Crippen MR) is 49.9 cm³/mol. The standard InChI is InChI=1S/C5H4O2S.C3H4N2/c6-5(7)4-1-2-8-3-4;1-2-4-5-3-1/h1-3H,(H,6,7);1-3H,(H,4,5). The van der Waals surface area contributed by atoms with Crippen LogP contribution in [0.25, 0.3) is 0 Å². The fourth-order valence-electron chi connectivity index (χ4n) is 0.601. The lowest BCUT2D eigenvalue weighted by molar-refractivity contribution is 0.0697. The summed E-state index contributed by atoms with van der Waals surface area (Å²) in [7, 11) is 0. The highest BCUT2D eigenvalue weighted by molar-refractivity contribution is 7.08. The van der Waals surface area contributed by atoms with Crippen LogP contribution in [0.15, 0.2) is 35.3 Å². The van der Waals surface area contributed by atoms with Crippen LogP contribution in [-0.2, 0) is 0 Å². The summed E-state index contributed by atoms with van der Waals surface area (Å²) in [6.07, 6.45) is 3.46. The summed E-state index contributed by atoms with van der Waals surface area (Å²) in [5, 5.41) is 17.8. The Balaban J connectivity index is 0.000000145. The summed E-state index contributed by atoms with van der Waals surface area (Å²) < 4.78 is 0. The molecule has 2 aromatic heterocycles. The Morgan fingerprint density at radius 3 is 2.69 bits per heavy atom. The molecule has 0 amide bonds. The highest BCUT2D eigenvalue weighted by atomic mass is 32.1. The second kappa shape index (κ2) is 5.10. The van der Waals surface area contributed by atoms with Crippen molar-refractivity contribution in [2.75, 3.05) is 0 Å². The first-order valence-corrected chi connectivity index (χ1v) is 4.44. The van der Waals surface area contributed by atoms with Crippen molar-refractivity contribution >= 4 is 17.3 Å². The van der Waals surface area contributed by atoms with Gasteiger partial charge >= 0.3 is 5.97 Å². The molecule has 0 bridgehead atoms. The molecule has 13 heavy (non-hydrogen) atoms. The third kappa shape index (κ3) is 3.53. The molecule has 4 nitrogen and oxygen atoms in total. The first-order valence-electron chi connectivity index (χ1n) is 3.50. The molecule has 0 atom stereocenters. The zero-order chi connectivity index (χ0) is 9.52. The number of carboxylic acid groups (broad SMARTS) is 1. The molecular weight excluding hydrogens is 188 g/mol. The first kappa shape index (κ1) is 9.47. The topological polar surface area (TPSA) is 66.0 Å². The average Bonchev–Trinajstić information content (AvgIpc) is 2.82. The molecule has 0 aliphatic rings. The van der Waals surface area contributed by atoms with Gasteiger partial charge in [0.2, 0.25) is 0 Å². The maximum atomic E-state index is 10.1.